The molecule has 2 aliphatic heterocycles. The summed E-state index contributed by atoms with van der Waals surface area (Å²) >= 11 is 5.90. The molecule has 18 heavy (non-hydrogen) atoms. The third-order valence-electron chi connectivity index (χ3n) is 3.22. The van der Waals surface area contributed by atoms with Gasteiger partial charge in [0.25, 0.3) is 5.91 Å². The van der Waals surface area contributed by atoms with E-state index < -0.39 is 23.3 Å². The highest BCUT2D eigenvalue weighted by molar-refractivity contribution is 6.28. The molecular formula is C11H8ClFN2O3. The molecule has 1 saturated heterocycles. The number of ether oxygens (including phenoxy) is 1. The highest BCUT2D eigenvalue weighted by Crippen LogP contribution is 2.45. The minimum Gasteiger partial charge on any atom is -0.493 e. The molecule has 0 aromatic heterocycles. The fraction of sp³-hybridized carbons (Fsp3) is 0.273. The number of benzene rings is 1. The van der Waals surface area contributed by atoms with E-state index in [1.54, 1.807) is 0 Å². The van der Waals surface area contributed by atoms with Crippen LogP contribution in [0.2, 0.25) is 0 Å². The maximum atomic E-state index is 13.3. The molecule has 0 bridgehead atoms. The van der Waals surface area contributed by atoms with Gasteiger partial charge >= 0.3 is 6.03 Å². The van der Waals surface area contributed by atoms with Gasteiger partial charge in [-0.1, -0.05) is 0 Å². The molecule has 3 amide bonds. The third-order valence-corrected chi connectivity index (χ3v) is 3.66. The van der Waals surface area contributed by atoms with E-state index in [9.17, 15) is 14.0 Å². The van der Waals surface area contributed by atoms with Crippen LogP contribution < -0.4 is 10.1 Å². The van der Waals surface area contributed by atoms with Crippen LogP contribution in [-0.2, 0) is 10.3 Å². The van der Waals surface area contributed by atoms with E-state index >= 15 is 0 Å². The highest BCUT2D eigenvalue weighted by Gasteiger charge is 2.56. The van der Waals surface area contributed by atoms with Crippen molar-refractivity contribution >= 4 is 23.7 Å². The summed E-state index contributed by atoms with van der Waals surface area (Å²) in [6.07, 6.45) is 0.185. The molecule has 2 aliphatic rings. The van der Waals surface area contributed by atoms with Gasteiger partial charge in [-0.25, -0.2) is 13.6 Å². The van der Waals surface area contributed by atoms with Gasteiger partial charge in [-0.05, 0) is 18.2 Å². The Hall–Kier alpha value is -1.82. The zero-order chi connectivity index (χ0) is 12.9. The number of carbonyl (C=O) groups excluding carboxylic acids is 2. The number of nitrogens with zero attached hydrogens (tertiary/aromatic N) is 1. The number of rotatable bonds is 0. The lowest BCUT2D eigenvalue weighted by atomic mass is 9.84. The molecule has 7 heteroatoms. The monoisotopic (exact) mass is 270 g/mol. The van der Waals surface area contributed by atoms with Crippen molar-refractivity contribution in [1.29, 1.82) is 0 Å². The predicted molar refractivity (Wildman–Crippen MR) is 59.4 cm³/mol. The first-order valence-electron chi connectivity index (χ1n) is 5.30. The Morgan fingerprint density at radius 2 is 2.22 bits per heavy atom. The quantitative estimate of drug-likeness (QED) is 0.574. The van der Waals surface area contributed by atoms with E-state index in [1.165, 1.54) is 18.2 Å². The second-order valence-electron chi connectivity index (χ2n) is 4.14. The van der Waals surface area contributed by atoms with E-state index in [0.29, 0.717) is 5.75 Å². The van der Waals surface area contributed by atoms with Crippen molar-refractivity contribution in [3.63, 3.8) is 0 Å². The molecule has 0 saturated carbocycles. The van der Waals surface area contributed by atoms with E-state index in [0.717, 1.165) is 4.42 Å². The summed E-state index contributed by atoms with van der Waals surface area (Å²) in [5, 5.41) is 2.13. The fourth-order valence-corrected chi connectivity index (χ4v) is 2.64. The number of hydrogen-bond donors (Lipinski definition) is 1. The van der Waals surface area contributed by atoms with Crippen molar-refractivity contribution in [1.82, 2.24) is 9.74 Å². The normalized spacial score (nSPS) is 26.0. The maximum Gasteiger partial charge on any atom is 0.340 e. The van der Waals surface area contributed by atoms with E-state index in [2.05, 4.69) is 5.32 Å². The first kappa shape index (κ1) is 11.3. The Bertz CT molecular complexity index is 565. The van der Waals surface area contributed by atoms with Crippen molar-refractivity contribution in [2.24, 2.45) is 0 Å². The SMILES string of the molecule is O=C1NC(=O)C2(CCOc3ccc(F)cc32)N1Cl. The van der Waals surface area contributed by atoms with Crippen LogP contribution in [0.25, 0.3) is 0 Å². The second-order valence-corrected chi connectivity index (χ2v) is 4.48. The summed E-state index contributed by atoms with van der Waals surface area (Å²) in [5.74, 6) is -0.716. The van der Waals surface area contributed by atoms with Crippen LogP contribution in [-0.4, -0.2) is 23.0 Å². The number of hydrogen-bond acceptors (Lipinski definition) is 3. The minimum atomic E-state index is -1.38. The second kappa shape index (κ2) is 3.58. The van der Waals surface area contributed by atoms with Gasteiger partial charge in [-0.3, -0.25) is 10.1 Å². The lowest BCUT2D eigenvalue weighted by Gasteiger charge is -2.35. The predicted octanol–water partition coefficient (Wildman–Crippen LogP) is 1.51. The smallest absolute Gasteiger partial charge is 0.340 e. The van der Waals surface area contributed by atoms with Crippen molar-refractivity contribution in [2.45, 2.75) is 12.0 Å². The summed E-state index contributed by atoms with van der Waals surface area (Å²) in [6, 6.07) is 3.11. The Morgan fingerprint density at radius 1 is 1.44 bits per heavy atom. The molecule has 1 atom stereocenters. The number of fused-ring (bicyclic) bond motifs is 2. The first-order valence-corrected chi connectivity index (χ1v) is 5.64. The van der Waals surface area contributed by atoms with Gasteiger partial charge in [0.05, 0.1) is 6.61 Å². The van der Waals surface area contributed by atoms with Gasteiger partial charge in [0.15, 0.2) is 5.54 Å². The highest BCUT2D eigenvalue weighted by atomic mass is 35.5. The van der Waals surface area contributed by atoms with Crippen molar-refractivity contribution in [3.05, 3.63) is 29.6 Å². The molecule has 0 aliphatic carbocycles. The van der Waals surface area contributed by atoms with Crippen LogP contribution in [0.5, 0.6) is 5.75 Å². The number of amides is 3. The lowest BCUT2D eigenvalue weighted by Crippen LogP contribution is -2.46. The van der Waals surface area contributed by atoms with Gasteiger partial charge < -0.3 is 4.74 Å². The lowest BCUT2D eigenvalue weighted by molar-refractivity contribution is -0.127. The van der Waals surface area contributed by atoms with Crippen LogP contribution >= 0.6 is 11.8 Å². The summed E-state index contributed by atoms with van der Waals surface area (Å²) in [5.41, 5.74) is -1.11. The summed E-state index contributed by atoms with van der Waals surface area (Å²) in [7, 11) is 0. The molecule has 1 fully saturated rings. The Balaban J connectivity index is 2.24. The molecular weight excluding hydrogens is 263 g/mol. The zero-order valence-electron chi connectivity index (χ0n) is 9.07. The van der Waals surface area contributed by atoms with Crippen LogP contribution in [0, 0.1) is 5.82 Å². The molecule has 1 N–H and O–H groups in total. The summed E-state index contributed by atoms with van der Waals surface area (Å²) in [4.78, 5) is 23.5. The first-order chi connectivity index (χ1) is 8.55. The summed E-state index contributed by atoms with van der Waals surface area (Å²) < 4.78 is 19.5. The third kappa shape index (κ3) is 1.26. The number of nitrogens with one attached hydrogen (secondary N) is 1. The van der Waals surface area contributed by atoms with Gasteiger partial charge in [0.2, 0.25) is 0 Å². The number of urea groups is 1. The van der Waals surface area contributed by atoms with Crippen LogP contribution in [0.15, 0.2) is 18.2 Å². The van der Waals surface area contributed by atoms with Gasteiger partial charge in [-0.2, -0.15) is 0 Å². The molecule has 1 unspecified atom stereocenters. The summed E-state index contributed by atoms with van der Waals surface area (Å²) in [6.45, 7) is 0.225. The van der Waals surface area contributed by atoms with Gasteiger partial charge in [0, 0.05) is 23.8 Å². The van der Waals surface area contributed by atoms with E-state index in [-0.39, 0.29) is 18.6 Å². The molecule has 0 radical (unpaired) electrons. The zero-order valence-corrected chi connectivity index (χ0v) is 9.83. The van der Waals surface area contributed by atoms with Crippen LogP contribution in [0.4, 0.5) is 9.18 Å². The van der Waals surface area contributed by atoms with Crippen LogP contribution in [0.3, 0.4) is 0 Å². The molecule has 1 spiro atoms. The largest absolute Gasteiger partial charge is 0.493 e. The number of carbonyl (C=O) groups is 2. The number of halogens is 2. The van der Waals surface area contributed by atoms with Gasteiger partial charge in [-0.15, -0.1) is 0 Å². The van der Waals surface area contributed by atoms with E-state index in [1.807, 2.05) is 0 Å². The topological polar surface area (TPSA) is 58.6 Å². The van der Waals surface area contributed by atoms with Crippen molar-refractivity contribution in [2.75, 3.05) is 6.61 Å². The average Bonchev–Trinajstić information content (AvgIpc) is 2.55. The van der Waals surface area contributed by atoms with Gasteiger partial charge in [0.1, 0.15) is 11.6 Å². The Labute approximate surface area is 107 Å². The number of imide groups is 1. The molecule has 2 heterocycles. The molecule has 3 rings (SSSR count). The Morgan fingerprint density at radius 3 is 2.89 bits per heavy atom. The van der Waals surface area contributed by atoms with Crippen molar-refractivity contribution in [3.8, 4) is 5.75 Å². The van der Waals surface area contributed by atoms with Crippen LogP contribution in [0.1, 0.15) is 12.0 Å². The Kier molecular flexibility index (Phi) is 2.25. The fourth-order valence-electron chi connectivity index (χ4n) is 2.35. The van der Waals surface area contributed by atoms with Crippen molar-refractivity contribution < 1.29 is 18.7 Å². The molecule has 1 aromatic rings. The molecule has 1 aromatic carbocycles. The minimum absolute atomic E-state index is 0.185. The average molecular weight is 271 g/mol. The molecule has 5 nitrogen and oxygen atoms in total. The molecule has 94 valence electrons. The van der Waals surface area contributed by atoms with E-state index in [4.69, 9.17) is 16.5 Å². The standard InChI is InChI=1S/C11H8ClFN2O3/c12-15-10(17)14-9(16)11(15)3-4-18-8-2-1-6(13)5-7(8)11/h1-2,5H,3-4H2,(H,14,16,17). The maximum absolute atomic E-state index is 13.3.